The maximum atomic E-state index is 4.41. The fourth-order valence-corrected chi connectivity index (χ4v) is 1.14. The van der Waals surface area contributed by atoms with Crippen molar-refractivity contribution in [1.82, 2.24) is 4.31 Å². The van der Waals surface area contributed by atoms with Gasteiger partial charge in [-0.15, -0.1) is 0 Å². The van der Waals surface area contributed by atoms with Gasteiger partial charge in [-0.05, 0) is 26.7 Å². The normalized spacial score (nSPS) is 17.4. The maximum absolute atomic E-state index is 4.41. The van der Waals surface area contributed by atoms with E-state index in [1.54, 1.807) is 0 Å². The van der Waals surface area contributed by atoms with Crippen molar-refractivity contribution in [2.24, 2.45) is 0 Å². The molecule has 0 heterocycles. The van der Waals surface area contributed by atoms with Gasteiger partial charge in [0.25, 0.3) is 0 Å². The summed E-state index contributed by atoms with van der Waals surface area (Å²) in [6.07, 6.45) is 2.35. The fraction of sp³-hybridized carbons (Fsp3) is 1.00. The fourth-order valence-electron chi connectivity index (χ4n) is 0.809. The molecule has 0 aliphatic heterocycles. The highest BCUT2D eigenvalue weighted by atomic mass is 32.1. The molecule has 0 aromatic carbocycles. The summed E-state index contributed by atoms with van der Waals surface area (Å²) in [5.74, 6) is 0. The molecule has 0 spiro atoms. The first-order valence-electron chi connectivity index (χ1n) is 4.10. The van der Waals surface area contributed by atoms with E-state index in [0.29, 0.717) is 12.1 Å². The molecule has 0 N–H and O–H groups in total. The molecule has 0 saturated heterocycles. The second-order valence-electron chi connectivity index (χ2n) is 2.89. The molecule has 10 heavy (non-hydrogen) atoms. The van der Waals surface area contributed by atoms with Gasteiger partial charge < -0.3 is 0 Å². The minimum absolute atomic E-state index is 0. The van der Waals surface area contributed by atoms with Gasteiger partial charge in [0.05, 0.1) is 0 Å². The Kier molecular flexibility index (Phi) is 5.18. The van der Waals surface area contributed by atoms with Crippen molar-refractivity contribution in [3.05, 3.63) is 0 Å². The molecule has 0 fully saturated rings. The van der Waals surface area contributed by atoms with Gasteiger partial charge in [-0.3, -0.25) is 0 Å². The summed E-state index contributed by atoms with van der Waals surface area (Å²) in [6.45, 7) is 8.80. The highest BCUT2D eigenvalue weighted by Crippen LogP contribution is 2.12. The summed E-state index contributed by atoms with van der Waals surface area (Å²) in [5.41, 5.74) is 0. The topological polar surface area (TPSA) is 3.24 Å². The van der Waals surface area contributed by atoms with Gasteiger partial charge in [-0.25, -0.2) is 4.31 Å². The number of nitrogens with zero attached hydrogens (tertiary/aromatic N) is 1. The molecule has 0 saturated carbocycles. The largest absolute Gasteiger partial charge is 0.248 e. The third-order valence-corrected chi connectivity index (χ3v) is 2.87. The Morgan fingerprint density at radius 1 is 1.20 bits per heavy atom. The second kappa shape index (κ2) is 5.03. The van der Waals surface area contributed by atoms with Crippen molar-refractivity contribution in [1.29, 1.82) is 0 Å². The lowest BCUT2D eigenvalue weighted by Crippen LogP contribution is -2.31. The molecule has 0 radical (unpaired) electrons. The summed E-state index contributed by atoms with van der Waals surface area (Å²) in [4.78, 5) is 0. The smallest absolute Gasteiger partial charge is 0.0172 e. The monoisotopic (exact) mass is 163 g/mol. The molecule has 0 bridgehead atoms. The molecule has 64 valence electrons. The van der Waals surface area contributed by atoms with Gasteiger partial charge >= 0.3 is 0 Å². The maximum Gasteiger partial charge on any atom is 0.0172 e. The molecule has 1 nitrogen and oxygen atoms in total. The Morgan fingerprint density at radius 2 is 1.50 bits per heavy atom. The first-order chi connectivity index (χ1) is 4.63. The zero-order chi connectivity index (χ0) is 8.15. The third kappa shape index (κ3) is 2.93. The van der Waals surface area contributed by atoms with Crippen LogP contribution in [-0.4, -0.2) is 16.4 Å². The second-order valence-corrected chi connectivity index (χ2v) is 3.36. The van der Waals surface area contributed by atoms with E-state index >= 15 is 0 Å². The Labute approximate surface area is 71.8 Å². The molecular formula is C8H21NS. The predicted molar refractivity (Wildman–Crippen MR) is 52.4 cm³/mol. The van der Waals surface area contributed by atoms with Crippen LogP contribution >= 0.6 is 12.8 Å². The predicted octanol–water partition coefficient (Wildman–Crippen LogP) is 2.98. The molecule has 0 rings (SSSR count). The SMILES string of the molecule is CCC(C)N(S)C(C)CC.[HH]. The molecule has 2 atom stereocenters. The summed E-state index contributed by atoms with van der Waals surface area (Å²) in [5, 5.41) is 0. The van der Waals surface area contributed by atoms with Crippen molar-refractivity contribution in [2.75, 3.05) is 0 Å². The van der Waals surface area contributed by atoms with Gasteiger partial charge in [0.1, 0.15) is 0 Å². The van der Waals surface area contributed by atoms with E-state index in [2.05, 4.69) is 44.8 Å². The zero-order valence-corrected chi connectivity index (χ0v) is 8.36. The minimum atomic E-state index is 0. The molecular weight excluding hydrogens is 142 g/mol. The zero-order valence-electron chi connectivity index (χ0n) is 7.46. The summed E-state index contributed by atoms with van der Waals surface area (Å²) >= 11 is 4.41. The van der Waals surface area contributed by atoms with E-state index in [1.807, 2.05) is 0 Å². The summed E-state index contributed by atoms with van der Waals surface area (Å²) in [6, 6.07) is 1.19. The van der Waals surface area contributed by atoms with E-state index in [-0.39, 0.29) is 1.43 Å². The quantitative estimate of drug-likeness (QED) is 0.624. The van der Waals surface area contributed by atoms with E-state index < -0.39 is 0 Å². The lowest BCUT2D eigenvalue weighted by atomic mass is 10.2. The average molecular weight is 163 g/mol. The lowest BCUT2D eigenvalue weighted by Gasteiger charge is -2.27. The van der Waals surface area contributed by atoms with Crippen LogP contribution in [0.25, 0.3) is 0 Å². The standard InChI is InChI=1S/C8H19NS.H2/c1-5-7(3)9(10)8(4)6-2;/h7-8,10H,5-6H2,1-4H3;1H. The van der Waals surface area contributed by atoms with Gasteiger partial charge in [0.15, 0.2) is 0 Å². The van der Waals surface area contributed by atoms with E-state index in [0.717, 1.165) is 0 Å². The van der Waals surface area contributed by atoms with Crippen LogP contribution in [0.15, 0.2) is 0 Å². The van der Waals surface area contributed by atoms with E-state index in [4.69, 9.17) is 0 Å². The number of rotatable bonds is 4. The van der Waals surface area contributed by atoms with Gasteiger partial charge in [0.2, 0.25) is 0 Å². The summed E-state index contributed by atoms with van der Waals surface area (Å²) < 4.78 is 2.14. The van der Waals surface area contributed by atoms with Gasteiger partial charge in [-0.2, -0.15) is 0 Å². The van der Waals surface area contributed by atoms with Crippen LogP contribution in [0, 0.1) is 0 Å². The van der Waals surface area contributed by atoms with E-state index in [9.17, 15) is 0 Å². The third-order valence-electron chi connectivity index (χ3n) is 2.08. The van der Waals surface area contributed by atoms with Crippen LogP contribution in [0.1, 0.15) is 42.0 Å². The van der Waals surface area contributed by atoms with Gasteiger partial charge in [0, 0.05) is 13.5 Å². The Bertz CT molecular complexity index is 80.2. The van der Waals surface area contributed by atoms with E-state index in [1.165, 1.54) is 12.8 Å². The molecule has 0 aliphatic rings. The molecule has 0 aromatic heterocycles. The van der Waals surface area contributed by atoms with Crippen LogP contribution in [-0.2, 0) is 0 Å². The van der Waals surface area contributed by atoms with Gasteiger partial charge in [-0.1, -0.05) is 26.7 Å². The van der Waals surface area contributed by atoms with Crippen LogP contribution in [0.5, 0.6) is 0 Å². The Balaban J connectivity index is 0. The number of thiol groups is 1. The Morgan fingerprint density at radius 3 is 1.70 bits per heavy atom. The molecule has 0 amide bonds. The van der Waals surface area contributed by atoms with Crippen LogP contribution < -0.4 is 0 Å². The van der Waals surface area contributed by atoms with Crippen LogP contribution in [0.4, 0.5) is 0 Å². The van der Waals surface area contributed by atoms with Crippen molar-refractivity contribution in [3.8, 4) is 0 Å². The highest BCUT2D eigenvalue weighted by Gasteiger charge is 2.12. The number of hydrogen-bond acceptors (Lipinski definition) is 2. The van der Waals surface area contributed by atoms with Crippen molar-refractivity contribution in [2.45, 2.75) is 52.6 Å². The minimum Gasteiger partial charge on any atom is -0.248 e. The lowest BCUT2D eigenvalue weighted by molar-refractivity contribution is 0.293. The number of hydrogen-bond donors (Lipinski definition) is 1. The summed E-state index contributed by atoms with van der Waals surface area (Å²) in [7, 11) is 0. The van der Waals surface area contributed by atoms with Crippen molar-refractivity contribution < 1.29 is 1.43 Å². The first-order valence-corrected chi connectivity index (χ1v) is 4.50. The van der Waals surface area contributed by atoms with Crippen LogP contribution in [0.2, 0.25) is 0 Å². The highest BCUT2D eigenvalue weighted by molar-refractivity contribution is 7.77. The molecule has 2 heteroatoms. The molecule has 0 aromatic rings. The molecule has 2 unspecified atom stereocenters. The first kappa shape index (κ1) is 10.3. The van der Waals surface area contributed by atoms with Crippen molar-refractivity contribution >= 4 is 12.8 Å². The average Bonchev–Trinajstić information content (AvgIpc) is 2.00. The molecule has 0 aliphatic carbocycles. The van der Waals surface area contributed by atoms with Crippen LogP contribution in [0.3, 0.4) is 0 Å². The Hall–Kier alpha value is 0.310. The van der Waals surface area contributed by atoms with Crippen molar-refractivity contribution in [3.63, 3.8) is 0 Å².